The summed E-state index contributed by atoms with van der Waals surface area (Å²) in [6.45, 7) is 1.83. The van der Waals surface area contributed by atoms with Crippen LogP contribution >= 0.6 is 0 Å². The number of carbonyl (C=O) groups is 1. The average molecular weight is 394 g/mol. The molecule has 0 bridgehead atoms. The molecular weight excluding hydrogens is 376 g/mol. The Morgan fingerprint density at radius 1 is 1.32 bits per heavy atom. The quantitative estimate of drug-likeness (QED) is 0.685. The molecule has 0 aliphatic carbocycles. The molecule has 0 fully saturated rings. The molecule has 28 heavy (non-hydrogen) atoms. The monoisotopic (exact) mass is 394 g/mol. The number of sulfonamides is 1. The smallest absolute Gasteiger partial charge is 0.232 e. The maximum Gasteiger partial charge on any atom is 0.232 e. The Hall–Kier alpha value is -3.18. The molecule has 0 saturated heterocycles. The first kappa shape index (κ1) is 18.2. The lowest BCUT2D eigenvalue weighted by molar-refractivity contribution is 0.0976. The van der Waals surface area contributed by atoms with E-state index in [1.807, 2.05) is 37.3 Å². The second kappa shape index (κ2) is 6.46. The molecule has 2 aromatic carbocycles. The van der Waals surface area contributed by atoms with Gasteiger partial charge in [-0.3, -0.25) is 9.10 Å². The highest BCUT2D eigenvalue weighted by molar-refractivity contribution is 7.92. The van der Waals surface area contributed by atoms with E-state index >= 15 is 0 Å². The van der Waals surface area contributed by atoms with Crippen molar-refractivity contribution < 1.29 is 13.2 Å². The zero-order valence-corrected chi connectivity index (χ0v) is 16.2. The molecule has 1 aliphatic heterocycles. The molecule has 1 aliphatic rings. The van der Waals surface area contributed by atoms with Crippen molar-refractivity contribution >= 4 is 32.5 Å². The summed E-state index contributed by atoms with van der Waals surface area (Å²) in [4.78, 5) is 20.4. The molecule has 2 unspecified atom stereocenters. The van der Waals surface area contributed by atoms with Crippen LogP contribution in [0.25, 0.3) is 11.0 Å². The van der Waals surface area contributed by atoms with E-state index in [1.165, 1.54) is 10.6 Å². The number of rotatable bonds is 4. The van der Waals surface area contributed by atoms with Gasteiger partial charge in [-0.1, -0.05) is 12.1 Å². The van der Waals surface area contributed by atoms with Crippen LogP contribution in [0.1, 0.15) is 34.6 Å². The molecule has 7 nitrogen and oxygen atoms in total. The summed E-state index contributed by atoms with van der Waals surface area (Å²) in [6, 6.07) is 14.1. The molecule has 0 saturated carbocycles. The van der Waals surface area contributed by atoms with Crippen molar-refractivity contribution in [1.82, 2.24) is 9.97 Å². The number of hydrogen-bond acceptors (Lipinski definition) is 5. The predicted octanol–water partition coefficient (Wildman–Crippen LogP) is 2.76. The number of H-pyrrole nitrogens is 1. The summed E-state index contributed by atoms with van der Waals surface area (Å²) in [5, 5.41) is 9.60. The molecule has 3 aromatic rings. The van der Waals surface area contributed by atoms with Crippen molar-refractivity contribution in [3.63, 3.8) is 0 Å². The normalized spacial score (nSPS) is 17.3. The topological polar surface area (TPSA) is 107 Å². The number of nitrogens with one attached hydrogen (secondary N) is 1. The standard InChI is InChI=1S/C20H18N4O3S/c1-12-9-14-10-13(7-8-18(14)24(12)28(2,26)27)19(25)15(11-21)20-22-16-5-3-4-6-17(16)23-20/h3-8,10,12,15H,9H2,1-2H3,(H,22,23). The van der Waals surface area contributed by atoms with Crippen molar-refractivity contribution in [2.24, 2.45) is 0 Å². The molecule has 1 N–H and O–H groups in total. The summed E-state index contributed by atoms with van der Waals surface area (Å²) in [5.41, 5.74) is 3.19. The van der Waals surface area contributed by atoms with E-state index in [1.54, 1.807) is 18.2 Å². The molecule has 0 radical (unpaired) electrons. The Kier molecular flexibility index (Phi) is 4.20. The summed E-state index contributed by atoms with van der Waals surface area (Å²) in [6.07, 6.45) is 1.69. The Balaban J connectivity index is 1.70. The number of aromatic amines is 1. The number of imidazole rings is 1. The second-order valence-corrected chi connectivity index (χ2v) is 8.88. The molecule has 2 atom stereocenters. The van der Waals surface area contributed by atoms with Crippen LogP contribution in [-0.2, 0) is 16.4 Å². The van der Waals surface area contributed by atoms with Crippen LogP contribution in [0.4, 0.5) is 5.69 Å². The highest BCUT2D eigenvalue weighted by Crippen LogP contribution is 2.35. The average Bonchev–Trinajstić information content (AvgIpc) is 3.20. The van der Waals surface area contributed by atoms with Crippen molar-refractivity contribution in [2.75, 3.05) is 10.6 Å². The van der Waals surface area contributed by atoms with Crippen molar-refractivity contribution in [3.05, 3.63) is 59.4 Å². The Morgan fingerprint density at radius 3 is 2.75 bits per heavy atom. The highest BCUT2D eigenvalue weighted by Gasteiger charge is 2.34. The number of carbonyl (C=O) groups excluding carboxylic acids is 1. The molecule has 142 valence electrons. The first-order valence-electron chi connectivity index (χ1n) is 8.80. The fourth-order valence-electron chi connectivity index (χ4n) is 3.78. The third-order valence-corrected chi connectivity index (χ3v) is 6.22. The van der Waals surface area contributed by atoms with Gasteiger partial charge in [-0.15, -0.1) is 0 Å². The fourth-order valence-corrected chi connectivity index (χ4v) is 5.04. The van der Waals surface area contributed by atoms with Crippen LogP contribution in [0.3, 0.4) is 0 Å². The summed E-state index contributed by atoms with van der Waals surface area (Å²) < 4.78 is 25.5. The Labute approximate surface area is 162 Å². The summed E-state index contributed by atoms with van der Waals surface area (Å²) in [5.74, 6) is -1.12. The van der Waals surface area contributed by atoms with Gasteiger partial charge in [-0.05, 0) is 49.2 Å². The van der Waals surface area contributed by atoms with Crippen LogP contribution in [0, 0.1) is 11.3 Å². The van der Waals surface area contributed by atoms with Gasteiger partial charge in [0.25, 0.3) is 0 Å². The van der Waals surface area contributed by atoms with Gasteiger partial charge in [-0.25, -0.2) is 13.4 Å². The number of nitrogens with zero attached hydrogens (tertiary/aromatic N) is 3. The molecule has 2 heterocycles. The van der Waals surface area contributed by atoms with Crippen LogP contribution in [0.2, 0.25) is 0 Å². The molecule has 0 amide bonds. The number of fused-ring (bicyclic) bond motifs is 2. The lowest BCUT2D eigenvalue weighted by Crippen LogP contribution is -2.34. The van der Waals surface area contributed by atoms with Crippen molar-refractivity contribution in [2.45, 2.75) is 25.3 Å². The number of anilines is 1. The van der Waals surface area contributed by atoms with Gasteiger partial charge < -0.3 is 4.98 Å². The molecule has 4 rings (SSSR count). The van der Waals surface area contributed by atoms with Gasteiger partial charge in [0.1, 0.15) is 5.82 Å². The number of hydrogen-bond donors (Lipinski definition) is 1. The highest BCUT2D eigenvalue weighted by atomic mass is 32.2. The third-order valence-electron chi connectivity index (χ3n) is 4.95. The van der Waals surface area contributed by atoms with Crippen LogP contribution in [-0.4, -0.2) is 36.5 Å². The predicted molar refractivity (Wildman–Crippen MR) is 106 cm³/mol. The van der Waals surface area contributed by atoms with E-state index in [-0.39, 0.29) is 11.8 Å². The fraction of sp³-hybridized carbons (Fsp3) is 0.250. The number of benzene rings is 2. The van der Waals surface area contributed by atoms with Crippen molar-refractivity contribution in [3.8, 4) is 6.07 Å². The zero-order valence-electron chi connectivity index (χ0n) is 15.4. The first-order chi connectivity index (χ1) is 13.3. The molecule has 0 spiro atoms. The zero-order chi connectivity index (χ0) is 20.1. The van der Waals surface area contributed by atoms with Crippen LogP contribution in [0.15, 0.2) is 42.5 Å². The second-order valence-electron chi connectivity index (χ2n) is 7.02. The van der Waals surface area contributed by atoms with Crippen LogP contribution < -0.4 is 4.31 Å². The van der Waals surface area contributed by atoms with E-state index in [2.05, 4.69) is 9.97 Å². The molecule has 1 aromatic heterocycles. The van der Waals surface area contributed by atoms with E-state index in [9.17, 15) is 18.5 Å². The van der Waals surface area contributed by atoms with E-state index < -0.39 is 15.9 Å². The SMILES string of the molecule is CC1Cc2cc(C(=O)C(C#N)c3nc4ccccc4[nH]3)ccc2N1S(C)(=O)=O. The third kappa shape index (κ3) is 2.94. The van der Waals surface area contributed by atoms with Gasteiger partial charge >= 0.3 is 0 Å². The minimum atomic E-state index is -3.40. The number of aromatic nitrogens is 2. The number of para-hydroxylation sites is 2. The lowest BCUT2D eigenvalue weighted by atomic mass is 9.96. The Morgan fingerprint density at radius 2 is 2.07 bits per heavy atom. The minimum Gasteiger partial charge on any atom is -0.340 e. The van der Waals surface area contributed by atoms with E-state index in [0.717, 1.165) is 11.1 Å². The number of nitriles is 1. The maximum absolute atomic E-state index is 13.0. The van der Waals surface area contributed by atoms with Gasteiger partial charge in [-0.2, -0.15) is 5.26 Å². The Bertz CT molecular complexity index is 1210. The molecular formula is C20H18N4O3S. The molecule has 8 heteroatoms. The maximum atomic E-state index is 13.0. The summed E-state index contributed by atoms with van der Waals surface area (Å²) in [7, 11) is -3.40. The van der Waals surface area contributed by atoms with Crippen molar-refractivity contribution in [1.29, 1.82) is 5.26 Å². The van der Waals surface area contributed by atoms with Gasteiger partial charge in [0.15, 0.2) is 11.7 Å². The first-order valence-corrected chi connectivity index (χ1v) is 10.6. The van der Waals surface area contributed by atoms with Gasteiger partial charge in [0, 0.05) is 11.6 Å². The minimum absolute atomic E-state index is 0.211. The number of ketones is 1. The largest absolute Gasteiger partial charge is 0.340 e. The van der Waals surface area contributed by atoms with Gasteiger partial charge in [0.05, 0.1) is 29.0 Å². The van der Waals surface area contributed by atoms with Gasteiger partial charge in [0.2, 0.25) is 10.0 Å². The van der Waals surface area contributed by atoms with Crippen LogP contribution in [0.5, 0.6) is 0 Å². The van der Waals surface area contributed by atoms with E-state index in [0.29, 0.717) is 29.0 Å². The number of Topliss-reactive ketones (excluding diaryl/α,β-unsaturated/α-hetero) is 1. The summed E-state index contributed by atoms with van der Waals surface area (Å²) >= 11 is 0. The van der Waals surface area contributed by atoms with E-state index in [4.69, 9.17) is 0 Å². The lowest BCUT2D eigenvalue weighted by Gasteiger charge is -2.22.